The molecule has 1 saturated heterocycles. The quantitative estimate of drug-likeness (QED) is 0.896. The molecule has 6 heteroatoms. The van der Waals surface area contributed by atoms with Gasteiger partial charge in [0.25, 0.3) is 0 Å². The molecule has 1 aromatic heterocycles. The summed E-state index contributed by atoms with van der Waals surface area (Å²) in [6.07, 6.45) is 2.75. The van der Waals surface area contributed by atoms with Crippen LogP contribution in [-0.2, 0) is 11.2 Å². The molecule has 112 valence electrons. The standard InChI is InChI=1S/C15H19N3O3/c19-15-7-8-20-11-14(15)18-10-12(16-17-18)6-9-21-13-4-2-1-3-5-13/h1-5,10,14-15,19H,6-9,11H2/t14-,15-/m1/s1. The maximum absolute atomic E-state index is 9.96. The Kier molecular flexibility index (Phi) is 4.47. The van der Waals surface area contributed by atoms with Crippen molar-refractivity contribution in [1.82, 2.24) is 15.0 Å². The van der Waals surface area contributed by atoms with Crippen molar-refractivity contribution in [2.75, 3.05) is 19.8 Å². The second-order valence-corrected chi connectivity index (χ2v) is 5.10. The lowest BCUT2D eigenvalue weighted by Gasteiger charge is -2.27. The number of ether oxygens (including phenoxy) is 2. The third-order valence-corrected chi connectivity index (χ3v) is 3.56. The zero-order valence-electron chi connectivity index (χ0n) is 11.8. The molecule has 2 heterocycles. The molecule has 1 N–H and O–H groups in total. The molecule has 2 atom stereocenters. The first-order valence-corrected chi connectivity index (χ1v) is 7.17. The highest BCUT2D eigenvalue weighted by molar-refractivity contribution is 5.20. The highest BCUT2D eigenvalue weighted by Gasteiger charge is 2.26. The molecular weight excluding hydrogens is 270 g/mol. The topological polar surface area (TPSA) is 69.4 Å². The number of rotatable bonds is 5. The van der Waals surface area contributed by atoms with E-state index in [0.29, 0.717) is 32.7 Å². The van der Waals surface area contributed by atoms with Crippen LogP contribution in [0.25, 0.3) is 0 Å². The smallest absolute Gasteiger partial charge is 0.119 e. The maximum atomic E-state index is 9.96. The van der Waals surface area contributed by atoms with Crippen LogP contribution < -0.4 is 4.74 Å². The number of para-hydroxylation sites is 1. The van der Waals surface area contributed by atoms with E-state index in [1.165, 1.54) is 0 Å². The van der Waals surface area contributed by atoms with E-state index < -0.39 is 6.10 Å². The van der Waals surface area contributed by atoms with Crippen LogP contribution in [0.1, 0.15) is 18.2 Å². The van der Waals surface area contributed by atoms with E-state index in [0.717, 1.165) is 11.4 Å². The summed E-state index contributed by atoms with van der Waals surface area (Å²) in [5.74, 6) is 0.848. The highest BCUT2D eigenvalue weighted by Crippen LogP contribution is 2.19. The van der Waals surface area contributed by atoms with Gasteiger partial charge >= 0.3 is 0 Å². The van der Waals surface area contributed by atoms with E-state index in [9.17, 15) is 5.11 Å². The molecule has 0 bridgehead atoms. The molecule has 2 aromatic rings. The maximum Gasteiger partial charge on any atom is 0.119 e. The average molecular weight is 289 g/mol. The molecule has 21 heavy (non-hydrogen) atoms. The van der Waals surface area contributed by atoms with Crippen LogP contribution in [0.4, 0.5) is 0 Å². The Labute approximate surface area is 123 Å². The third kappa shape index (κ3) is 3.59. The number of nitrogens with zero attached hydrogens (tertiary/aromatic N) is 3. The first-order valence-electron chi connectivity index (χ1n) is 7.17. The summed E-state index contributed by atoms with van der Waals surface area (Å²) in [6, 6.07) is 9.54. The zero-order valence-corrected chi connectivity index (χ0v) is 11.8. The summed E-state index contributed by atoms with van der Waals surface area (Å²) in [5.41, 5.74) is 0.851. The first-order chi connectivity index (χ1) is 10.3. The van der Waals surface area contributed by atoms with Crippen molar-refractivity contribution in [2.24, 2.45) is 0 Å². The Bertz CT molecular complexity index is 558. The molecule has 0 unspecified atom stereocenters. The predicted octanol–water partition coefficient (Wildman–Crippen LogP) is 1.22. The molecule has 1 fully saturated rings. The molecular formula is C15H19N3O3. The number of aliphatic hydroxyl groups excluding tert-OH is 1. The van der Waals surface area contributed by atoms with Gasteiger partial charge in [0.15, 0.2) is 0 Å². The fraction of sp³-hybridized carbons (Fsp3) is 0.467. The van der Waals surface area contributed by atoms with E-state index in [1.807, 2.05) is 36.5 Å². The Morgan fingerprint density at radius 1 is 1.33 bits per heavy atom. The van der Waals surface area contributed by atoms with Crippen molar-refractivity contribution < 1.29 is 14.6 Å². The van der Waals surface area contributed by atoms with Gasteiger partial charge in [0.2, 0.25) is 0 Å². The molecule has 6 nitrogen and oxygen atoms in total. The molecule has 0 spiro atoms. The Morgan fingerprint density at radius 3 is 3.00 bits per heavy atom. The Balaban J connectivity index is 1.53. The van der Waals surface area contributed by atoms with E-state index in [2.05, 4.69) is 10.3 Å². The van der Waals surface area contributed by atoms with Crippen LogP contribution in [0.2, 0.25) is 0 Å². The van der Waals surface area contributed by atoms with Gasteiger partial charge in [-0.05, 0) is 18.6 Å². The third-order valence-electron chi connectivity index (χ3n) is 3.56. The highest BCUT2D eigenvalue weighted by atomic mass is 16.5. The largest absolute Gasteiger partial charge is 0.493 e. The van der Waals surface area contributed by atoms with Gasteiger partial charge in [0.05, 0.1) is 25.0 Å². The second-order valence-electron chi connectivity index (χ2n) is 5.10. The van der Waals surface area contributed by atoms with Crippen LogP contribution >= 0.6 is 0 Å². The van der Waals surface area contributed by atoms with Crippen molar-refractivity contribution >= 4 is 0 Å². The molecule has 3 rings (SSSR count). The molecule has 1 aliphatic rings. The molecule has 0 saturated carbocycles. The number of aromatic nitrogens is 3. The lowest BCUT2D eigenvalue weighted by atomic mass is 10.1. The van der Waals surface area contributed by atoms with Gasteiger partial charge < -0.3 is 14.6 Å². The molecule has 1 aromatic carbocycles. The van der Waals surface area contributed by atoms with Gasteiger partial charge in [-0.25, -0.2) is 4.68 Å². The van der Waals surface area contributed by atoms with Gasteiger partial charge in [-0.1, -0.05) is 23.4 Å². The van der Waals surface area contributed by atoms with Crippen LogP contribution in [0.3, 0.4) is 0 Å². The average Bonchev–Trinajstić information content (AvgIpc) is 2.97. The van der Waals surface area contributed by atoms with Crippen molar-refractivity contribution in [3.8, 4) is 5.75 Å². The lowest BCUT2D eigenvalue weighted by Crippen LogP contribution is -2.34. The van der Waals surface area contributed by atoms with Gasteiger partial charge in [0, 0.05) is 19.2 Å². The van der Waals surface area contributed by atoms with E-state index in [1.54, 1.807) is 4.68 Å². The fourth-order valence-electron chi connectivity index (χ4n) is 2.34. The minimum Gasteiger partial charge on any atom is -0.493 e. The fourth-order valence-corrected chi connectivity index (χ4v) is 2.34. The number of benzene rings is 1. The summed E-state index contributed by atoms with van der Waals surface area (Å²) in [6.45, 7) is 1.63. The summed E-state index contributed by atoms with van der Waals surface area (Å²) in [7, 11) is 0. The van der Waals surface area contributed by atoms with Crippen LogP contribution in [0.15, 0.2) is 36.5 Å². The van der Waals surface area contributed by atoms with Gasteiger partial charge in [-0.3, -0.25) is 0 Å². The van der Waals surface area contributed by atoms with Crippen LogP contribution in [0, 0.1) is 0 Å². The van der Waals surface area contributed by atoms with Crippen LogP contribution in [0.5, 0.6) is 5.75 Å². The molecule has 0 radical (unpaired) electrons. The van der Waals surface area contributed by atoms with Crippen LogP contribution in [-0.4, -0.2) is 46.0 Å². The van der Waals surface area contributed by atoms with E-state index in [4.69, 9.17) is 9.47 Å². The van der Waals surface area contributed by atoms with Crippen molar-refractivity contribution in [3.63, 3.8) is 0 Å². The number of aliphatic hydroxyl groups is 1. The Hall–Kier alpha value is -1.92. The summed E-state index contributed by atoms with van der Waals surface area (Å²) in [4.78, 5) is 0. The van der Waals surface area contributed by atoms with Crippen molar-refractivity contribution in [1.29, 1.82) is 0 Å². The van der Waals surface area contributed by atoms with Gasteiger partial charge in [-0.15, -0.1) is 5.10 Å². The summed E-state index contributed by atoms with van der Waals surface area (Å²) >= 11 is 0. The van der Waals surface area contributed by atoms with Gasteiger partial charge in [0.1, 0.15) is 11.8 Å². The first kappa shape index (κ1) is 14.0. The minimum absolute atomic E-state index is 0.143. The summed E-state index contributed by atoms with van der Waals surface area (Å²) < 4.78 is 12.7. The molecule has 1 aliphatic heterocycles. The van der Waals surface area contributed by atoms with Gasteiger partial charge in [-0.2, -0.15) is 0 Å². The predicted molar refractivity (Wildman–Crippen MR) is 76.1 cm³/mol. The Morgan fingerprint density at radius 2 is 2.19 bits per heavy atom. The SMILES string of the molecule is O[C@@H]1CCOC[C@H]1n1cc(CCOc2ccccc2)nn1. The van der Waals surface area contributed by atoms with E-state index >= 15 is 0 Å². The minimum atomic E-state index is -0.422. The normalized spacial score (nSPS) is 22.1. The second kappa shape index (κ2) is 6.69. The van der Waals surface area contributed by atoms with E-state index in [-0.39, 0.29) is 6.04 Å². The molecule has 0 amide bonds. The monoisotopic (exact) mass is 289 g/mol. The number of hydrogen-bond donors (Lipinski definition) is 1. The number of hydrogen-bond acceptors (Lipinski definition) is 5. The zero-order chi connectivity index (χ0) is 14.5. The lowest BCUT2D eigenvalue weighted by molar-refractivity contribution is -0.0335. The summed E-state index contributed by atoms with van der Waals surface area (Å²) in [5, 5.41) is 18.2. The van der Waals surface area contributed by atoms with Crippen molar-refractivity contribution in [3.05, 3.63) is 42.2 Å². The molecule has 0 aliphatic carbocycles. The van der Waals surface area contributed by atoms with Crippen molar-refractivity contribution in [2.45, 2.75) is 25.0 Å².